The van der Waals surface area contributed by atoms with Crippen molar-refractivity contribution in [1.82, 2.24) is 16.0 Å². The van der Waals surface area contributed by atoms with Gasteiger partial charge in [0.05, 0.1) is 6.54 Å². The van der Waals surface area contributed by atoms with Gasteiger partial charge in [-0.1, -0.05) is 41.5 Å². The predicted molar refractivity (Wildman–Crippen MR) is 112 cm³/mol. The maximum Gasteiger partial charge on any atom is 0.251 e. The van der Waals surface area contributed by atoms with E-state index in [2.05, 4.69) is 59.9 Å². The first kappa shape index (κ1) is 20.5. The van der Waals surface area contributed by atoms with Crippen LogP contribution in [-0.2, 0) is 13.0 Å². The minimum atomic E-state index is -0.0774. The van der Waals surface area contributed by atoms with E-state index in [9.17, 15) is 4.79 Å². The number of benzene rings is 2. The molecule has 2 aromatic carbocycles. The molecule has 27 heavy (non-hydrogen) atoms. The first-order valence-electron chi connectivity index (χ1n) is 9.42. The summed E-state index contributed by atoms with van der Waals surface area (Å²) < 4.78 is 0. The van der Waals surface area contributed by atoms with Gasteiger partial charge in [0, 0.05) is 25.7 Å². The average Bonchev–Trinajstić information content (AvgIpc) is 2.65. The molecular formula is C22H30N4O. The lowest BCUT2D eigenvalue weighted by atomic mass is 10.1. The lowest BCUT2D eigenvalue weighted by molar-refractivity contribution is 0.0963. The van der Waals surface area contributed by atoms with E-state index in [0.29, 0.717) is 12.1 Å². The summed E-state index contributed by atoms with van der Waals surface area (Å²) in [4.78, 5) is 16.2. The number of hydrogen-bond donors (Lipinski definition) is 3. The fraction of sp³-hybridized carbons (Fsp3) is 0.364. The van der Waals surface area contributed by atoms with Crippen LogP contribution in [0.3, 0.4) is 0 Å². The number of rotatable bonds is 7. The Bertz CT molecular complexity index is 761. The lowest BCUT2D eigenvalue weighted by Gasteiger charge is -2.12. The van der Waals surface area contributed by atoms with Crippen molar-refractivity contribution in [3.05, 3.63) is 70.3 Å². The highest BCUT2D eigenvalue weighted by molar-refractivity contribution is 5.93. The first-order chi connectivity index (χ1) is 13.0. The minimum Gasteiger partial charge on any atom is -0.357 e. The van der Waals surface area contributed by atoms with Gasteiger partial charge >= 0.3 is 0 Å². The molecule has 144 valence electrons. The first-order valence-corrected chi connectivity index (χ1v) is 9.42. The summed E-state index contributed by atoms with van der Waals surface area (Å²) in [6.45, 7) is 8.51. The van der Waals surface area contributed by atoms with Crippen molar-refractivity contribution in [2.45, 2.75) is 33.7 Å². The summed E-state index contributed by atoms with van der Waals surface area (Å²) in [6, 6.07) is 14.2. The molecule has 0 aliphatic carbocycles. The second-order valence-electron chi connectivity index (χ2n) is 6.64. The smallest absolute Gasteiger partial charge is 0.251 e. The third-order valence-electron chi connectivity index (χ3n) is 4.19. The van der Waals surface area contributed by atoms with Gasteiger partial charge in [0.2, 0.25) is 0 Å². The van der Waals surface area contributed by atoms with Crippen LogP contribution in [-0.4, -0.2) is 32.0 Å². The molecule has 2 rings (SSSR count). The summed E-state index contributed by atoms with van der Waals surface area (Å²) in [5.74, 6) is 0.726. The van der Waals surface area contributed by atoms with E-state index in [0.717, 1.165) is 31.0 Å². The second-order valence-corrected chi connectivity index (χ2v) is 6.64. The molecule has 0 fully saturated rings. The van der Waals surface area contributed by atoms with Crippen LogP contribution in [0.25, 0.3) is 0 Å². The molecule has 0 radical (unpaired) electrons. The number of aliphatic imine (C=N–C) groups is 1. The van der Waals surface area contributed by atoms with Gasteiger partial charge in [0.1, 0.15) is 0 Å². The van der Waals surface area contributed by atoms with Crippen molar-refractivity contribution in [3.8, 4) is 0 Å². The Hall–Kier alpha value is -2.82. The fourth-order valence-electron chi connectivity index (χ4n) is 2.96. The minimum absolute atomic E-state index is 0.0774. The maximum absolute atomic E-state index is 11.6. The van der Waals surface area contributed by atoms with E-state index < -0.39 is 0 Å². The van der Waals surface area contributed by atoms with Crippen LogP contribution in [0.2, 0.25) is 0 Å². The lowest BCUT2D eigenvalue weighted by Crippen LogP contribution is -2.38. The number of carbonyl (C=O) groups excluding carboxylic acids is 1. The van der Waals surface area contributed by atoms with Crippen molar-refractivity contribution in [2.24, 2.45) is 4.99 Å². The molecule has 0 aliphatic heterocycles. The van der Waals surface area contributed by atoms with Crippen LogP contribution >= 0.6 is 0 Å². The fourth-order valence-corrected chi connectivity index (χ4v) is 2.96. The Kier molecular flexibility index (Phi) is 7.86. The summed E-state index contributed by atoms with van der Waals surface area (Å²) in [5.41, 5.74) is 5.65. The van der Waals surface area contributed by atoms with Crippen LogP contribution in [0.5, 0.6) is 0 Å². The highest BCUT2D eigenvalue weighted by Crippen LogP contribution is 2.09. The molecule has 5 heteroatoms. The zero-order chi connectivity index (χ0) is 19.6. The van der Waals surface area contributed by atoms with Crippen LogP contribution in [0.15, 0.2) is 47.5 Å². The van der Waals surface area contributed by atoms with Crippen molar-refractivity contribution in [1.29, 1.82) is 0 Å². The van der Waals surface area contributed by atoms with Gasteiger partial charge in [-0.2, -0.15) is 0 Å². The summed E-state index contributed by atoms with van der Waals surface area (Å²) in [5, 5.41) is 9.29. The van der Waals surface area contributed by atoms with Gasteiger partial charge < -0.3 is 16.0 Å². The molecule has 0 aromatic heterocycles. The number of carbonyl (C=O) groups is 1. The SMILES string of the molecule is CCNC(=NCc1ccc(C(=O)NC)cc1)NCCc1cc(C)cc(C)c1. The molecule has 5 nitrogen and oxygen atoms in total. The van der Waals surface area contributed by atoms with Crippen molar-refractivity contribution in [3.63, 3.8) is 0 Å². The van der Waals surface area contributed by atoms with Crippen molar-refractivity contribution in [2.75, 3.05) is 20.1 Å². The molecule has 0 saturated carbocycles. The van der Waals surface area contributed by atoms with Crippen LogP contribution in [0.1, 0.15) is 39.5 Å². The van der Waals surface area contributed by atoms with Gasteiger partial charge in [0.25, 0.3) is 5.91 Å². The van der Waals surface area contributed by atoms with Crippen molar-refractivity contribution >= 4 is 11.9 Å². The number of amides is 1. The molecule has 0 unspecified atom stereocenters. The molecule has 0 spiro atoms. The predicted octanol–water partition coefficient (Wildman–Crippen LogP) is 2.96. The number of aryl methyl sites for hydroxylation is 2. The maximum atomic E-state index is 11.6. The molecule has 0 atom stereocenters. The van der Waals surface area contributed by atoms with Crippen LogP contribution in [0.4, 0.5) is 0 Å². The molecule has 0 heterocycles. The van der Waals surface area contributed by atoms with Gasteiger partial charge in [-0.15, -0.1) is 0 Å². The largest absolute Gasteiger partial charge is 0.357 e. The van der Waals surface area contributed by atoms with Crippen LogP contribution < -0.4 is 16.0 Å². The molecule has 3 N–H and O–H groups in total. The zero-order valence-electron chi connectivity index (χ0n) is 16.7. The van der Waals surface area contributed by atoms with E-state index in [4.69, 9.17) is 0 Å². The normalized spacial score (nSPS) is 11.2. The Labute approximate surface area is 162 Å². The molecule has 0 bridgehead atoms. The molecule has 2 aromatic rings. The molecule has 0 aliphatic rings. The quantitative estimate of drug-likeness (QED) is 0.521. The monoisotopic (exact) mass is 366 g/mol. The summed E-state index contributed by atoms with van der Waals surface area (Å²) in [6.07, 6.45) is 0.952. The third kappa shape index (κ3) is 6.77. The Morgan fingerprint density at radius 3 is 2.22 bits per heavy atom. The Balaban J connectivity index is 1.92. The number of guanidine groups is 1. The highest BCUT2D eigenvalue weighted by atomic mass is 16.1. The van der Waals surface area contributed by atoms with Gasteiger partial charge in [-0.3, -0.25) is 4.79 Å². The van der Waals surface area contributed by atoms with E-state index in [1.54, 1.807) is 7.05 Å². The zero-order valence-corrected chi connectivity index (χ0v) is 16.7. The Morgan fingerprint density at radius 1 is 0.963 bits per heavy atom. The highest BCUT2D eigenvalue weighted by Gasteiger charge is 2.03. The van der Waals surface area contributed by atoms with Crippen molar-refractivity contribution < 1.29 is 4.79 Å². The van der Waals surface area contributed by atoms with Gasteiger partial charge in [-0.25, -0.2) is 4.99 Å². The van der Waals surface area contributed by atoms with Gasteiger partial charge in [0.15, 0.2) is 5.96 Å². The number of hydrogen-bond acceptors (Lipinski definition) is 2. The molecule has 0 saturated heterocycles. The second kappa shape index (κ2) is 10.4. The topological polar surface area (TPSA) is 65.5 Å². The molecule has 1 amide bonds. The number of nitrogens with zero attached hydrogens (tertiary/aromatic N) is 1. The van der Waals surface area contributed by atoms with E-state index in [1.165, 1.54) is 16.7 Å². The summed E-state index contributed by atoms with van der Waals surface area (Å²) >= 11 is 0. The number of nitrogens with one attached hydrogen (secondary N) is 3. The van der Waals surface area contributed by atoms with Crippen LogP contribution in [0, 0.1) is 13.8 Å². The Morgan fingerprint density at radius 2 is 1.63 bits per heavy atom. The standard InChI is InChI=1S/C22H30N4O/c1-5-24-22(25-11-10-19-13-16(2)12-17(3)14-19)26-15-18-6-8-20(9-7-18)21(27)23-4/h6-9,12-14H,5,10-11,15H2,1-4H3,(H,23,27)(H2,24,25,26). The van der Waals surface area contributed by atoms with E-state index in [1.807, 2.05) is 24.3 Å². The average molecular weight is 367 g/mol. The van der Waals surface area contributed by atoms with E-state index in [-0.39, 0.29) is 5.91 Å². The third-order valence-corrected chi connectivity index (χ3v) is 4.19. The summed E-state index contributed by atoms with van der Waals surface area (Å²) in [7, 11) is 1.63. The van der Waals surface area contributed by atoms with E-state index >= 15 is 0 Å². The van der Waals surface area contributed by atoms with Gasteiger partial charge in [-0.05, 0) is 50.5 Å². The molecular weight excluding hydrogens is 336 g/mol.